The van der Waals surface area contributed by atoms with Crippen LogP contribution in [-0.4, -0.2) is 33.4 Å². The first kappa shape index (κ1) is 29.4. The zero-order valence-corrected chi connectivity index (χ0v) is 20.5. The van der Waals surface area contributed by atoms with Crippen molar-refractivity contribution in [3.63, 3.8) is 0 Å². The Bertz CT molecular complexity index is 323. The largest absolute Gasteiger partial charge is 0.476 e. The molecule has 30 heavy (non-hydrogen) atoms. The zero-order chi connectivity index (χ0) is 22.0. The van der Waals surface area contributed by atoms with Gasteiger partial charge >= 0.3 is 0 Å². The maximum atomic E-state index is 5.92. The molecule has 0 rings (SSSR count). The number of hydrogen-bond donors (Lipinski definition) is 0. The van der Waals surface area contributed by atoms with Crippen LogP contribution in [0.4, 0.5) is 0 Å². The second-order valence-electron chi connectivity index (χ2n) is 8.29. The van der Waals surface area contributed by atoms with E-state index in [2.05, 4.69) is 19.9 Å². The Morgan fingerprint density at radius 2 is 1.13 bits per heavy atom. The van der Waals surface area contributed by atoms with Gasteiger partial charge in [0.2, 0.25) is 0 Å². The van der Waals surface area contributed by atoms with Crippen LogP contribution >= 0.6 is 0 Å². The molecule has 0 N–H and O–H groups in total. The lowest BCUT2D eigenvalue weighted by Crippen LogP contribution is -2.18. The topological polar surface area (TPSA) is 36.9 Å². The fourth-order valence-electron chi connectivity index (χ4n) is 3.34. The van der Waals surface area contributed by atoms with Crippen LogP contribution in [0, 0.1) is 0 Å². The highest BCUT2D eigenvalue weighted by Crippen LogP contribution is 2.15. The molecule has 0 heterocycles. The van der Waals surface area contributed by atoms with Gasteiger partial charge in [0.05, 0.1) is 6.26 Å². The van der Waals surface area contributed by atoms with E-state index in [0.717, 1.165) is 38.9 Å². The predicted molar refractivity (Wildman–Crippen MR) is 128 cm³/mol. The van der Waals surface area contributed by atoms with Crippen LogP contribution in [0.15, 0.2) is 12.3 Å². The van der Waals surface area contributed by atoms with Crippen molar-refractivity contribution in [3.8, 4) is 0 Å². The Balaban J connectivity index is 3.38. The van der Waals surface area contributed by atoms with Crippen molar-refractivity contribution in [1.82, 2.24) is 0 Å². The smallest absolute Gasteiger partial charge is 0.187 e. The van der Waals surface area contributed by atoms with Gasteiger partial charge in [0.15, 0.2) is 13.1 Å². The summed E-state index contributed by atoms with van der Waals surface area (Å²) in [5.74, 6) is 0. The van der Waals surface area contributed by atoms with Gasteiger partial charge in [0.25, 0.3) is 0 Å². The second-order valence-corrected chi connectivity index (χ2v) is 8.29. The molecule has 0 saturated heterocycles. The van der Waals surface area contributed by atoms with Crippen LogP contribution in [0.3, 0.4) is 0 Å². The van der Waals surface area contributed by atoms with Crippen molar-refractivity contribution in [2.75, 3.05) is 27.1 Å². The van der Waals surface area contributed by atoms with E-state index in [-0.39, 0.29) is 6.29 Å². The van der Waals surface area contributed by atoms with Gasteiger partial charge in [-0.25, -0.2) is 0 Å². The molecule has 4 nitrogen and oxygen atoms in total. The van der Waals surface area contributed by atoms with Gasteiger partial charge in [-0.2, -0.15) is 0 Å². The molecule has 0 atom stereocenters. The Kier molecular flexibility index (Phi) is 25.9. The van der Waals surface area contributed by atoms with Gasteiger partial charge in [-0.1, -0.05) is 84.5 Å². The number of unbranched alkanes of at least 4 members (excludes halogenated alkanes) is 13. The van der Waals surface area contributed by atoms with E-state index in [1.54, 1.807) is 13.4 Å². The molecule has 0 aliphatic rings. The first-order valence-electron chi connectivity index (χ1n) is 12.8. The number of ether oxygens (including phenoxy) is 4. The maximum Gasteiger partial charge on any atom is 0.187 e. The normalized spacial score (nSPS) is 11.7. The van der Waals surface area contributed by atoms with E-state index >= 15 is 0 Å². The first-order chi connectivity index (χ1) is 14.8. The van der Waals surface area contributed by atoms with Gasteiger partial charge in [0.1, 0.15) is 0 Å². The molecule has 0 bridgehead atoms. The summed E-state index contributed by atoms with van der Waals surface area (Å²) in [6.07, 6.45) is 25.5. The van der Waals surface area contributed by atoms with E-state index < -0.39 is 0 Å². The summed E-state index contributed by atoms with van der Waals surface area (Å²) >= 11 is 0. The summed E-state index contributed by atoms with van der Waals surface area (Å²) < 4.78 is 21.8. The molecule has 0 fully saturated rings. The van der Waals surface area contributed by atoms with Gasteiger partial charge in [-0.05, 0) is 44.6 Å². The third kappa shape index (κ3) is 23.7. The van der Waals surface area contributed by atoms with Crippen LogP contribution in [0.25, 0.3) is 0 Å². The molecule has 0 amide bonds. The highest BCUT2D eigenvalue weighted by molar-refractivity contribution is 4.72. The van der Waals surface area contributed by atoms with Crippen molar-refractivity contribution in [3.05, 3.63) is 12.3 Å². The van der Waals surface area contributed by atoms with Crippen molar-refractivity contribution in [1.29, 1.82) is 0 Å². The van der Waals surface area contributed by atoms with Crippen LogP contribution in [-0.2, 0) is 18.9 Å². The summed E-state index contributed by atoms with van der Waals surface area (Å²) in [4.78, 5) is 0. The van der Waals surface area contributed by atoms with E-state index in [4.69, 9.17) is 18.9 Å². The molecule has 0 saturated carbocycles. The minimum atomic E-state index is 0.0245. The van der Waals surface area contributed by atoms with Gasteiger partial charge < -0.3 is 18.9 Å². The average Bonchev–Trinajstić information content (AvgIpc) is 2.75. The summed E-state index contributed by atoms with van der Waals surface area (Å²) in [6.45, 7) is 6.44. The van der Waals surface area contributed by atoms with E-state index in [0.29, 0.717) is 6.79 Å². The van der Waals surface area contributed by atoms with Gasteiger partial charge in [-0.3, -0.25) is 0 Å². The Hall–Kier alpha value is -0.580. The Labute approximate surface area is 188 Å². The summed E-state index contributed by atoms with van der Waals surface area (Å²) in [6, 6.07) is 0. The average molecular weight is 429 g/mol. The van der Waals surface area contributed by atoms with E-state index in [1.165, 1.54) is 83.5 Å². The second kappa shape index (κ2) is 26.5. The minimum Gasteiger partial charge on any atom is -0.476 e. The summed E-state index contributed by atoms with van der Waals surface area (Å²) in [7, 11) is 1.64. The molecular weight excluding hydrogens is 376 g/mol. The lowest BCUT2D eigenvalue weighted by atomic mass is 10.0. The third-order valence-electron chi connectivity index (χ3n) is 5.29. The number of hydrogen-bond acceptors (Lipinski definition) is 4. The molecule has 180 valence electrons. The Morgan fingerprint density at radius 1 is 0.633 bits per heavy atom. The minimum absolute atomic E-state index is 0.0245. The van der Waals surface area contributed by atoms with Crippen molar-refractivity contribution in [2.24, 2.45) is 0 Å². The monoisotopic (exact) mass is 428 g/mol. The number of rotatable bonds is 25. The van der Waals surface area contributed by atoms with Crippen LogP contribution in [0.5, 0.6) is 0 Å². The molecular formula is C26H52O4. The lowest BCUT2D eigenvalue weighted by Gasteiger charge is -2.18. The van der Waals surface area contributed by atoms with Crippen LogP contribution in [0.1, 0.15) is 123 Å². The fourth-order valence-corrected chi connectivity index (χ4v) is 3.34. The predicted octanol–water partition coefficient (Wildman–Crippen LogP) is 8.15. The highest BCUT2D eigenvalue weighted by atomic mass is 16.7. The zero-order valence-electron chi connectivity index (χ0n) is 20.5. The first-order valence-corrected chi connectivity index (χ1v) is 12.8. The lowest BCUT2D eigenvalue weighted by molar-refractivity contribution is -0.147. The SMILES string of the molecule is CCCCOC(CCCCCCCCCCCCCC=COCOC)OCCCC. The molecule has 0 aromatic rings. The number of methoxy groups -OCH3 is 1. The summed E-state index contributed by atoms with van der Waals surface area (Å²) in [5.41, 5.74) is 0. The third-order valence-corrected chi connectivity index (χ3v) is 5.29. The highest BCUT2D eigenvalue weighted by Gasteiger charge is 2.08. The fraction of sp³-hybridized carbons (Fsp3) is 0.923. The van der Waals surface area contributed by atoms with Crippen molar-refractivity contribution < 1.29 is 18.9 Å². The quantitative estimate of drug-likeness (QED) is 0.0835. The molecule has 0 radical (unpaired) electrons. The van der Waals surface area contributed by atoms with Crippen LogP contribution in [0.2, 0.25) is 0 Å². The van der Waals surface area contributed by atoms with Gasteiger partial charge in [-0.15, -0.1) is 0 Å². The molecule has 0 aromatic carbocycles. The molecule has 0 aromatic heterocycles. The van der Waals surface area contributed by atoms with Crippen LogP contribution < -0.4 is 0 Å². The molecule has 4 heteroatoms. The molecule has 0 spiro atoms. The molecule has 0 unspecified atom stereocenters. The molecule has 0 aliphatic carbocycles. The standard InChI is InChI=1S/C26H52O4/c1-4-6-23-29-26(30-24-7-5-2)21-19-17-15-13-11-9-8-10-12-14-16-18-20-22-28-25-27-3/h20,22,26H,4-19,21,23-25H2,1-3H3. The summed E-state index contributed by atoms with van der Waals surface area (Å²) in [5, 5.41) is 0. The van der Waals surface area contributed by atoms with E-state index in [1.807, 2.05) is 0 Å². The van der Waals surface area contributed by atoms with Gasteiger partial charge in [0, 0.05) is 20.3 Å². The van der Waals surface area contributed by atoms with Crippen molar-refractivity contribution in [2.45, 2.75) is 129 Å². The molecule has 0 aliphatic heterocycles. The van der Waals surface area contributed by atoms with Crippen molar-refractivity contribution >= 4 is 0 Å². The maximum absolute atomic E-state index is 5.92. The Morgan fingerprint density at radius 3 is 1.63 bits per heavy atom. The number of allylic oxidation sites excluding steroid dienone is 1. The van der Waals surface area contributed by atoms with E-state index in [9.17, 15) is 0 Å².